The van der Waals surface area contributed by atoms with Gasteiger partial charge in [-0.15, -0.1) is 0 Å². The average Bonchev–Trinajstić information content (AvgIpc) is 3.30. The van der Waals surface area contributed by atoms with E-state index in [4.69, 9.17) is 9.47 Å². The molecular formula is C32H34N2O3. The second-order valence-electron chi connectivity index (χ2n) is 9.72. The normalized spacial score (nSPS) is 14.0. The van der Waals surface area contributed by atoms with E-state index in [9.17, 15) is 4.79 Å². The molecule has 1 aromatic heterocycles. The van der Waals surface area contributed by atoms with Gasteiger partial charge in [-0.3, -0.25) is 4.79 Å². The van der Waals surface area contributed by atoms with Gasteiger partial charge >= 0.3 is 0 Å². The highest BCUT2D eigenvalue weighted by Gasteiger charge is 2.27. The van der Waals surface area contributed by atoms with Crippen LogP contribution < -0.4 is 9.47 Å². The Labute approximate surface area is 219 Å². The summed E-state index contributed by atoms with van der Waals surface area (Å²) in [4.78, 5) is 15.8. The van der Waals surface area contributed by atoms with Crippen LogP contribution in [0.2, 0.25) is 0 Å². The summed E-state index contributed by atoms with van der Waals surface area (Å²) in [5.41, 5.74) is 6.00. The maximum Gasteiger partial charge on any atom is 0.255 e. The lowest BCUT2D eigenvalue weighted by Crippen LogP contribution is -2.39. The maximum absolute atomic E-state index is 13.8. The third-order valence-corrected chi connectivity index (χ3v) is 7.44. The number of hydrogen-bond acceptors (Lipinski definition) is 3. The Morgan fingerprint density at radius 3 is 2.22 bits per heavy atom. The maximum atomic E-state index is 13.8. The first-order chi connectivity index (χ1) is 18.1. The second kappa shape index (κ2) is 11.0. The smallest absolute Gasteiger partial charge is 0.255 e. The van der Waals surface area contributed by atoms with Crippen LogP contribution in [0.4, 0.5) is 0 Å². The number of amides is 1. The highest BCUT2D eigenvalue weighted by atomic mass is 16.5. The number of ether oxygens (including phenoxy) is 2. The fraction of sp³-hybridized carbons (Fsp3) is 0.281. The fourth-order valence-corrected chi connectivity index (χ4v) is 5.34. The van der Waals surface area contributed by atoms with Crippen molar-refractivity contribution in [2.24, 2.45) is 5.92 Å². The van der Waals surface area contributed by atoms with Crippen molar-refractivity contribution in [2.75, 3.05) is 27.3 Å². The molecule has 0 N–H and O–H groups in total. The number of hydrogen-bond donors (Lipinski definition) is 0. The Morgan fingerprint density at radius 2 is 1.54 bits per heavy atom. The molecule has 5 heteroatoms. The molecule has 2 heterocycles. The predicted octanol–water partition coefficient (Wildman–Crippen LogP) is 6.56. The minimum absolute atomic E-state index is 0.104. The fourth-order valence-electron chi connectivity index (χ4n) is 5.34. The van der Waals surface area contributed by atoms with E-state index in [1.807, 2.05) is 66.4 Å². The first-order valence-electron chi connectivity index (χ1n) is 12.9. The molecular weight excluding hydrogens is 460 g/mol. The van der Waals surface area contributed by atoms with Gasteiger partial charge in [0.25, 0.3) is 5.91 Å². The number of rotatable bonds is 7. The molecule has 1 saturated heterocycles. The number of carbonyl (C=O) groups excluding carboxylic acids is 1. The highest BCUT2D eigenvalue weighted by molar-refractivity contribution is 5.97. The summed E-state index contributed by atoms with van der Waals surface area (Å²) >= 11 is 0. The van der Waals surface area contributed by atoms with Crippen LogP contribution in [0.25, 0.3) is 16.9 Å². The lowest BCUT2D eigenvalue weighted by Gasteiger charge is -2.32. The van der Waals surface area contributed by atoms with Gasteiger partial charge in [0.15, 0.2) is 0 Å². The summed E-state index contributed by atoms with van der Waals surface area (Å²) in [6, 6.07) is 28.6. The van der Waals surface area contributed by atoms with E-state index in [0.29, 0.717) is 5.92 Å². The molecule has 5 nitrogen and oxygen atoms in total. The van der Waals surface area contributed by atoms with Crippen molar-refractivity contribution >= 4 is 5.91 Å². The molecule has 0 radical (unpaired) electrons. The second-order valence-corrected chi connectivity index (χ2v) is 9.72. The van der Waals surface area contributed by atoms with Gasteiger partial charge in [0, 0.05) is 30.5 Å². The molecule has 5 rings (SSSR count). The Balaban J connectivity index is 1.43. The zero-order valence-electron chi connectivity index (χ0n) is 21.8. The lowest BCUT2D eigenvalue weighted by molar-refractivity contribution is 0.0690. The largest absolute Gasteiger partial charge is 0.497 e. The van der Waals surface area contributed by atoms with Crippen LogP contribution in [0.1, 0.15) is 34.5 Å². The molecule has 0 unspecified atom stereocenters. The van der Waals surface area contributed by atoms with Crippen LogP contribution in [0, 0.1) is 12.8 Å². The molecule has 0 spiro atoms. The zero-order valence-corrected chi connectivity index (χ0v) is 21.8. The van der Waals surface area contributed by atoms with Crippen LogP contribution in [-0.2, 0) is 6.42 Å². The van der Waals surface area contributed by atoms with Gasteiger partial charge in [-0.25, -0.2) is 0 Å². The molecule has 0 bridgehead atoms. The summed E-state index contributed by atoms with van der Waals surface area (Å²) in [7, 11) is 3.33. The summed E-state index contributed by atoms with van der Waals surface area (Å²) < 4.78 is 13.0. The number of likely N-dealkylation sites (tertiary alicyclic amines) is 1. The van der Waals surface area contributed by atoms with E-state index in [2.05, 4.69) is 34.9 Å². The van der Waals surface area contributed by atoms with Gasteiger partial charge in [0.1, 0.15) is 11.5 Å². The van der Waals surface area contributed by atoms with Crippen molar-refractivity contribution in [3.05, 3.63) is 102 Å². The van der Waals surface area contributed by atoms with Gasteiger partial charge in [0.2, 0.25) is 0 Å². The predicted molar refractivity (Wildman–Crippen MR) is 148 cm³/mol. The van der Waals surface area contributed by atoms with Crippen LogP contribution in [-0.4, -0.2) is 42.7 Å². The van der Waals surface area contributed by atoms with E-state index in [1.165, 1.54) is 5.56 Å². The van der Waals surface area contributed by atoms with Crippen LogP contribution in [0.5, 0.6) is 11.5 Å². The summed E-state index contributed by atoms with van der Waals surface area (Å²) in [6.45, 7) is 3.61. The minimum Gasteiger partial charge on any atom is -0.497 e. The SMILES string of the molecule is COc1ccc(-c2cc(C(=O)N3CCC(Cc4ccccc4)CC3)c(C)n2-c2cccc(OC)c2)cc1. The van der Waals surface area contributed by atoms with Crippen molar-refractivity contribution in [3.63, 3.8) is 0 Å². The van der Waals surface area contributed by atoms with E-state index < -0.39 is 0 Å². The Hall–Kier alpha value is -3.99. The molecule has 1 amide bonds. The Morgan fingerprint density at radius 1 is 0.838 bits per heavy atom. The van der Waals surface area contributed by atoms with E-state index in [-0.39, 0.29) is 5.91 Å². The van der Waals surface area contributed by atoms with Crippen molar-refractivity contribution in [3.8, 4) is 28.4 Å². The molecule has 1 fully saturated rings. The monoisotopic (exact) mass is 494 g/mol. The van der Waals surface area contributed by atoms with Gasteiger partial charge in [-0.2, -0.15) is 0 Å². The zero-order chi connectivity index (χ0) is 25.8. The number of carbonyl (C=O) groups is 1. The van der Waals surface area contributed by atoms with Crippen molar-refractivity contribution in [1.29, 1.82) is 0 Å². The molecule has 0 atom stereocenters. The number of aromatic nitrogens is 1. The first-order valence-corrected chi connectivity index (χ1v) is 12.9. The lowest BCUT2D eigenvalue weighted by atomic mass is 9.90. The molecule has 1 aliphatic rings. The minimum atomic E-state index is 0.104. The van der Waals surface area contributed by atoms with E-state index in [0.717, 1.165) is 72.1 Å². The molecule has 4 aromatic rings. The molecule has 37 heavy (non-hydrogen) atoms. The average molecular weight is 495 g/mol. The quantitative estimate of drug-likeness (QED) is 0.292. The van der Waals surface area contributed by atoms with Crippen LogP contribution in [0.3, 0.4) is 0 Å². The van der Waals surface area contributed by atoms with Crippen molar-refractivity contribution in [1.82, 2.24) is 9.47 Å². The molecule has 3 aromatic carbocycles. The number of piperidine rings is 1. The highest BCUT2D eigenvalue weighted by Crippen LogP contribution is 2.33. The van der Waals surface area contributed by atoms with Gasteiger partial charge in [-0.05, 0) is 85.7 Å². The van der Waals surface area contributed by atoms with Gasteiger partial charge in [0.05, 0.1) is 25.5 Å². The molecule has 0 saturated carbocycles. The summed E-state index contributed by atoms with van der Waals surface area (Å²) in [6.07, 6.45) is 3.14. The van der Waals surface area contributed by atoms with Gasteiger partial charge < -0.3 is 18.9 Å². The van der Waals surface area contributed by atoms with Gasteiger partial charge in [-0.1, -0.05) is 36.4 Å². The summed E-state index contributed by atoms with van der Waals surface area (Å²) in [5.74, 6) is 2.30. The van der Waals surface area contributed by atoms with Crippen LogP contribution >= 0.6 is 0 Å². The van der Waals surface area contributed by atoms with Crippen LogP contribution in [0.15, 0.2) is 84.9 Å². The third-order valence-electron chi connectivity index (χ3n) is 7.44. The standard InChI is InChI=1S/C32H34N2O3/c1-23-30(32(35)33-18-16-25(17-19-33)20-24-8-5-4-6-9-24)22-31(26-12-14-28(36-2)15-13-26)34(23)27-10-7-11-29(21-27)37-3/h4-15,21-22,25H,16-20H2,1-3H3. The Kier molecular flexibility index (Phi) is 7.31. The first kappa shape index (κ1) is 24.7. The topological polar surface area (TPSA) is 43.7 Å². The number of methoxy groups -OCH3 is 2. The molecule has 1 aliphatic heterocycles. The summed E-state index contributed by atoms with van der Waals surface area (Å²) in [5, 5.41) is 0. The van der Waals surface area contributed by atoms with E-state index >= 15 is 0 Å². The Bertz CT molecular complexity index is 1350. The van der Waals surface area contributed by atoms with Crippen molar-refractivity contribution in [2.45, 2.75) is 26.2 Å². The molecule has 190 valence electrons. The van der Waals surface area contributed by atoms with Crippen molar-refractivity contribution < 1.29 is 14.3 Å². The molecule has 0 aliphatic carbocycles. The number of nitrogens with zero attached hydrogens (tertiary/aromatic N) is 2. The third kappa shape index (κ3) is 5.26. The number of benzene rings is 3. The van der Waals surface area contributed by atoms with E-state index in [1.54, 1.807) is 14.2 Å².